The quantitative estimate of drug-likeness (QED) is 0.333. The molecule has 0 saturated heterocycles. The van der Waals surface area contributed by atoms with Gasteiger partial charge in [0.25, 0.3) is 0 Å². The summed E-state index contributed by atoms with van der Waals surface area (Å²) in [6.07, 6.45) is 0.397. The lowest BCUT2D eigenvalue weighted by Crippen LogP contribution is -2.50. The molecule has 0 spiro atoms. The number of amides is 2. The van der Waals surface area contributed by atoms with Crippen LogP contribution in [0.4, 0.5) is 0 Å². The van der Waals surface area contributed by atoms with Crippen LogP contribution in [0.25, 0.3) is 0 Å². The monoisotopic (exact) mass is 534 g/mol. The van der Waals surface area contributed by atoms with Crippen molar-refractivity contribution >= 4 is 58.4 Å². The van der Waals surface area contributed by atoms with Crippen LogP contribution in [0.1, 0.15) is 16.7 Å². The number of hydrogen-bond acceptors (Lipinski definition) is 3. The van der Waals surface area contributed by atoms with Crippen LogP contribution in [0.5, 0.6) is 0 Å². The highest BCUT2D eigenvalue weighted by molar-refractivity contribution is 7.99. The van der Waals surface area contributed by atoms with Gasteiger partial charge in [-0.05, 0) is 34.9 Å². The van der Waals surface area contributed by atoms with Gasteiger partial charge in [0, 0.05) is 30.8 Å². The Bertz CT molecular complexity index is 1130. The summed E-state index contributed by atoms with van der Waals surface area (Å²) in [5.74, 6) is 0.423. The van der Waals surface area contributed by atoms with Crippen molar-refractivity contribution in [2.75, 3.05) is 12.8 Å². The third kappa shape index (κ3) is 7.41. The number of nitrogens with zero attached hydrogens (tertiary/aromatic N) is 1. The summed E-state index contributed by atoms with van der Waals surface area (Å²) in [7, 11) is 1.58. The molecule has 1 atom stereocenters. The van der Waals surface area contributed by atoms with Crippen molar-refractivity contribution in [1.29, 1.82) is 0 Å². The second kappa shape index (κ2) is 13.1. The first-order valence-corrected chi connectivity index (χ1v) is 13.0. The molecule has 178 valence electrons. The Morgan fingerprint density at radius 3 is 2.26 bits per heavy atom. The average molecular weight is 536 g/mol. The van der Waals surface area contributed by atoms with Gasteiger partial charge in [-0.3, -0.25) is 9.59 Å². The van der Waals surface area contributed by atoms with E-state index in [1.165, 1.54) is 11.8 Å². The van der Waals surface area contributed by atoms with Crippen molar-refractivity contribution in [3.05, 3.63) is 105 Å². The minimum atomic E-state index is -0.679. The number of likely N-dealkylation sites (N-methyl/N-ethyl adjacent to an activating group) is 1. The molecule has 0 fully saturated rings. The lowest BCUT2D eigenvalue weighted by molar-refractivity contribution is -0.139. The molecule has 0 unspecified atom stereocenters. The molecular weight excluding hydrogens is 511 g/mol. The summed E-state index contributed by atoms with van der Waals surface area (Å²) in [6.45, 7) is 0.233. The van der Waals surface area contributed by atoms with Gasteiger partial charge in [0.2, 0.25) is 11.8 Å². The zero-order valence-electron chi connectivity index (χ0n) is 18.6. The molecule has 2 amide bonds. The smallest absolute Gasteiger partial charge is 0.242 e. The molecule has 0 heterocycles. The van der Waals surface area contributed by atoms with Crippen molar-refractivity contribution in [3.8, 4) is 0 Å². The number of carbonyl (C=O) groups excluding carboxylic acids is 2. The molecule has 0 bridgehead atoms. The van der Waals surface area contributed by atoms with Crippen molar-refractivity contribution < 1.29 is 9.59 Å². The first kappa shape index (κ1) is 26.4. The van der Waals surface area contributed by atoms with E-state index in [0.29, 0.717) is 27.2 Å². The lowest BCUT2D eigenvalue weighted by Gasteiger charge is -2.31. The first-order valence-electron chi connectivity index (χ1n) is 10.7. The van der Waals surface area contributed by atoms with Crippen LogP contribution in [0.15, 0.2) is 72.8 Å². The van der Waals surface area contributed by atoms with Crippen molar-refractivity contribution in [1.82, 2.24) is 10.2 Å². The fourth-order valence-corrected chi connectivity index (χ4v) is 4.87. The summed E-state index contributed by atoms with van der Waals surface area (Å²) in [5.41, 5.74) is 2.72. The molecule has 0 aromatic heterocycles. The lowest BCUT2D eigenvalue weighted by atomic mass is 10.0. The molecule has 3 aromatic rings. The molecule has 4 nitrogen and oxygen atoms in total. The van der Waals surface area contributed by atoms with Gasteiger partial charge in [-0.15, -0.1) is 11.8 Å². The summed E-state index contributed by atoms with van der Waals surface area (Å²) in [5, 5.41) is 4.24. The van der Waals surface area contributed by atoms with E-state index < -0.39 is 6.04 Å². The molecule has 0 radical (unpaired) electrons. The second-order valence-corrected chi connectivity index (χ2v) is 9.88. The van der Waals surface area contributed by atoms with Crippen LogP contribution in [0.2, 0.25) is 15.1 Å². The van der Waals surface area contributed by atoms with Gasteiger partial charge >= 0.3 is 0 Å². The largest absolute Gasteiger partial charge is 0.357 e. The van der Waals surface area contributed by atoms with E-state index in [4.69, 9.17) is 34.8 Å². The van der Waals surface area contributed by atoms with Gasteiger partial charge in [0.05, 0.1) is 15.8 Å². The Balaban J connectivity index is 1.81. The van der Waals surface area contributed by atoms with Gasteiger partial charge in [-0.25, -0.2) is 0 Å². The fourth-order valence-electron chi connectivity index (χ4n) is 3.50. The topological polar surface area (TPSA) is 49.4 Å². The number of nitrogens with one attached hydrogen (secondary N) is 1. The molecule has 0 aliphatic rings. The van der Waals surface area contributed by atoms with Crippen LogP contribution in [0, 0.1) is 0 Å². The predicted molar refractivity (Wildman–Crippen MR) is 143 cm³/mol. The third-order valence-electron chi connectivity index (χ3n) is 5.29. The zero-order valence-corrected chi connectivity index (χ0v) is 21.7. The van der Waals surface area contributed by atoms with Crippen LogP contribution < -0.4 is 5.32 Å². The zero-order chi connectivity index (χ0) is 24.5. The maximum Gasteiger partial charge on any atom is 0.242 e. The Labute approximate surface area is 219 Å². The number of hydrogen-bond donors (Lipinski definition) is 1. The van der Waals surface area contributed by atoms with E-state index in [9.17, 15) is 9.59 Å². The predicted octanol–water partition coefficient (Wildman–Crippen LogP) is 6.27. The van der Waals surface area contributed by atoms with Crippen molar-refractivity contribution in [2.45, 2.75) is 24.8 Å². The number of carbonyl (C=O) groups is 2. The highest BCUT2D eigenvalue weighted by Gasteiger charge is 2.30. The minimum absolute atomic E-state index is 0.144. The molecule has 8 heteroatoms. The molecule has 1 N–H and O–H groups in total. The van der Waals surface area contributed by atoms with E-state index in [2.05, 4.69) is 5.32 Å². The van der Waals surface area contributed by atoms with Crippen LogP contribution in [-0.2, 0) is 28.3 Å². The molecule has 3 aromatic carbocycles. The highest BCUT2D eigenvalue weighted by atomic mass is 35.5. The molecule has 0 aliphatic heterocycles. The third-order valence-corrected chi connectivity index (χ3v) is 7.39. The van der Waals surface area contributed by atoms with E-state index in [1.54, 1.807) is 30.1 Å². The number of thioether (sulfide) groups is 1. The standard InChI is InChI=1S/C26H25Cl3N2O2S/c1-30-26(33)24(14-18-7-3-2-4-8-18)31(15-20-9-5-6-10-21(20)27)25(32)17-34-16-19-11-12-22(28)23(29)13-19/h2-13,24H,14-17H2,1H3,(H,30,33)/t24-/m0/s1. The van der Waals surface area contributed by atoms with E-state index >= 15 is 0 Å². The summed E-state index contributed by atoms with van der Waals surface area (Å²) in [6, 6.07) is 21.8. The van der Waals surface area contributed by atoms with Crippen molar-refractivity contribution in [2.24, 2.45) is 0 Å². The van der Waals surface area contributed by atoms with Gasteiger partial charge in [0.1, 0.15) is 6.04 Å². The number of halogens is 3. The highest BCUT2D eigenvalue weighted by Crippen LogP contribution is 2.26. The van der Waals surface area contributed by atoms with E-state index in [-0.39, 0.29) is 24.1 Å². The average Bonchev–Trinajstić information content (AvgIpc) is 2.84. The maximum atomic E-state index is 13.5. The molecule has 34 heavy (non-hydrogen) atoms. The van der Waals surface area contributed by atoms with Gasteiger partial charge in [-0.2, -0.15) is 0 Å². The van der Waals surface area contributed by atoms with Gasteiger partial charge in [-0.1, -0.05) is 89.4 Å². The summed E-state index contributed by atoms with van der Waals surface area (Å²) < 4.78 is 0. The second-order valence-electron chi connectivity index (χ2n) is 7.67. The van der Waals surface area contributed by atoms with Crippen LogP contribution in [-0.4, -0.2) is 35.6 Å². The molecule has 3 rings (SSSR count). The molecular formula is C26H25Cl3N2O2S. The minimum Gasteiger partial charge on any atom is -0.357 e. The molecule has 0 saturated carbocycles. The SMILES string of the molecule is CNC(=O)[C@H](Cc1ccccc1)N(Cc1ccccc1Cl)C(=O)CSCc1ccc(Cl)c(Cl)c1. The Hall–Kier alpha value is -2.18. The maximum absolute atomic E-state index is 13.5. The van der Waals surface area contributed by atoms with Crippen LogP contribution in [0.3, 0.4) is 0 Å². The Morgan fingerprint density at radius 1 is 0.882 bits per heavy atom. The summed E-state index contributed by atoms with van der Waals surface area (Å²) >= 11 is 20.0. The van der Waals surface area contributed by atoms with Crippen molar-refractivity contribution in [3.63, 3.8) is 0 Å². The normalized spacial score (nSPS) is 11.6. The Morgan fingerprint density at radius 2 is 1.59 bits per heavy atom. The van der Waals surface area contributed by atoms with Gasteiger partial charge in [0.15, 0.2) is 0 Å². The Kier molecular flexibility index (Phi) is 10.1. The first-order chi connectivity index (χ1) is 16.4. The number of rotatable bonds is 10. The van der Waals surface area contributed by atoms with E-state index in [1.807, 2.05) is 54.6 Å². The molecule has 0 aliphatic carbocycles. The van der Waals surface area contributed by atoms with E-state index in [0.717, 1.165) is 16.7 Å². The fraction of sp³-hybridized carbons (Fsp3) is 0.231. The van der Waals surface area contributed by atoms with Crippen LogP contribution >= 0.6 is 46.6 Å². The van der Waals surface area contributed by atoms with Gasteiger partial charge < -0.3 is 10.2 Å². The summed E-state index contributed by atoms with van der Waals surface area (Å²) in [4.78, 5) is 28.0. The number of benzene rings is 3.